The molecule has 0 aliphatic carbocycles. The molecule has 100 valence electrons. The Bertz CT molecular complexity index is 158. The predicted octanol–water partition coefficient (Wildman–Crippen LogP) is 2.07. The van der Waals surface area contributed by atoms with Gasteiger partial charge in [0, 0.05) is 11.5 Å². The van der Waals surface area contributed by atoms with E-state index in [0.717, 1.165) is 24.7 Å². The van der Waals surface area contributed by atoms with Gasteiger partial charge in [-0.25, -0.2) is 0 Å². The molecule has 0 amide bonds. The molecule has 0 saturated heterocycles. The lowest BCUT2D eigenvalue weighted by molar-refractivity contribution is 0.0933. The van der Waals surface area contributed by atoms with Gasteiger partial charge in [0.15, 0.2) is 0 Å². The molecule has 0 spiro atoms. The maximum absolute atomic E-state index is 5.33. The van der Waals surface area contributed by atoms with E-state index in [1.54, 1.807) is 0 Å². The van der Waals surface area contributed by atoms with E-state index in [1.165, 1.54) is 12.5 Å². The van der Waals surface area contributed by atoms with E-state index in [0.29, 0.717) is 26.4 Å². The maximum Gasteiger partial charge on any atom is 0.111 e. The van der Waals surface area contributed by atoms with Crippen molar-refractivity contribution in [3.8, 4) is 0 Å². The number of ether oxygens (including phenoxy) is 4. The molecule has 0 aromatic carbocycles. The summed E-state index contributed by atoms with van der Waals surface area (Å²) in [7, 11) is 0. The van der Waals surface area contributed by atoms with Gasteiger partial charge in [-0.3, -0.25) is 0 Å². The molecule has 0 heterocycles. The zero-order valence-electron chi connectivity index (χ0n) is 10.3. The predicted molar refractivity (Wildman–Crippen MR) is 71.3 cm³/mol. The minimum absolute atomic E-state index is 0.570. The van der Waals surface area contributed by atoms with Crippen LogP contribution >= 0.6 is 11.8 Å². The summed E-state index contributed by atoms with van der Waals surface area (Å²) in [6.07, 6.45) is 2.84. The third kappa shape index (κ3) is 15.4. The van der Waals surface area contributed by atoms with Gasteiger partial charge in [0.25, 0.3) is 0 Å². The van der Waals surface area contributed by atoms with Gasteiger partial charge in [-0.05, 0) is 0 Å². The molecule has 0 saturated carbocycles. The highest BCUT2D eigenvalue weighted by Gasteiger charge is 1.92. The fourth-order valence-electron chi connectivity index (χ4n) is 0.923. The molecule has 0 rings (SSSR count). The first kappa shape index (κ1) is 16.4. The molecule has 4 nitrogen and oxygen atoms in total. The van der Waals surface area contributed by atoms with Crippen LogP contribution in [-0.2, 0) is 18.9 Å². The van der Waals surface area contributed by atoms with E-state index in [2.05, 4.69) is 13.2 Å². The molecule has 0 aliphatic rings. The fourth-order valence-corrected chi connectivity index (χ4v) is 1.60. The van der Waals surface area contributed by atoms with Gasteiger partial charge in [-0.2, -0.15) is 11.8 Å². The molecule has 0 aromatic heterocycles. The number of hydrogen-bond donors (Lipinski definition) is 0. The average Bonchev–Trinajstić information content (AvgIpc) is 2.35. The van der Waals surface area contributed by atoms with Gasteiger partial charge in [-0.1, -0.05) is 13.2 Å². The Morgan fingerprint density at radius 1 is 0.706 bits per heavy atom. The minimum Gasteiger partial charge on any atom is -0.499 e. The number of rotatable bonds is 14. The van der Waals surface area contributed by atoms with Gasteiger partial charge in [0.2, 0.25) is 0 Å². The number of hydrogen-bond acceptors (Lipinski definition) is 5. The summed E-state index contributed by atoms with van der Waals surface area (Å²) in [6, 6.07) is 0. The van der Waals surface area contributed by atoms with Crippen molar-refractivity contribution in [3.63, 3.8) is 0 Å². The third-order valence-electron chi connectivity index (χ3n) is 1.67. The molecule has 0 atom stereocenters. The third-order valence-corrected chi connectivity index (χ3v) is 2.58. The van der Waals surface area contributed by atoms with Crippen LogP contribution in [0.3, 0.4) is 0 Å². The highest BCUT2D eigenvalue weighted by atomic mass is 32.2. The van der Waals surface area contributed by atoms with Gasteiger partial charge >= 0.3 is 0 Å². The van der Waals surface area contributed by atoms with Crippen LogP contribution in [0, 0.1) is 0 Å². The summed E-state index contributed by atoms with van der Waals surface area (Å²) in [6.45, 7) is 10.7. The van der Waals surface area contributed by atoms with E-state index < -0.39 is 0 Å². The van der Waals surface area contributed by atoms with Crippen LogP contribution in [0.25, 0.3) is 0 Å². The van der Waals surface area contributed by atoms with E-state index in [9.17, 15) is 0 Å². The van der Waals surface area contributed by atoms with Gasteiger partial charge < -0.3 is 18.9 Å². The Kier molecular flexibility index (Phi) is 14.8. The molecule has 0 aromatic rings. The monoisotopic (exact) mass is 262 g/mol. The van der Waals surface area contributed by atoms with Gasteiger partial charge in [-0.15, -0.1) is 0 Å². The van der Waals surface area contributed by atoms with E-state index in [4.69, 9.17) is 18.9 Å². The van der Waals surface area contributed by atoms with Crippen molar-refractivity contribution in [2.45, 2.75) is 0 Å². The summed E-state index contributed by atoms with van der Waals surface area (Å²) in [5, 5.41) is 0. The summed E-state index contributed by atoms with van der Waals surface area (Å²) in [4.78, 5) is 0. The lowest BCUT2D eigenvalue weighted by atomic mass is 10.7. The van der Waals surface area contributed by atoms with Crippen molar-refractivity contribution in [2.75, 3.05) is 51.1 Å². The normalized spacial score (nSPS) is 9.88. The first-order valence-corrected chi connectivity index (χ1v) is 6.75. The quantitative estimate of drug-likeness (QED) is 0.354. The Balaban J connectivity index is 2.89. The second-order valence-electron chi connectivity index (χ2n) is 2.91. The Hall–Kier alpha value is -0.650. The fraction of sp³-hybridized carbons (Fsp3) is 0.667. The summed E-state index contributed by atoms with van der Waals surface area (Å²) in [5.74, 6) is 1.95. The SMILES string of the molecule is C=COCCOCCSCCOCCOC=C. The summed E-state index contributed by atoms with van der Waals surface area (Å²) < 4.78 is 20.5. The molecular formula is C12H22O4S. The van der Waals surface area contributed by atoms with Gasteiger partial charge in [0.05, 0.1) is 39.0 Å². The molecule has 0 N–H and O–H groups in total. The minimum atomic E-state index is 0.570. The van der Waals surface area contributed by atoms with Crippen LogP contribution in [0.1, 0.15) is 0 Å². The van der Waals surface area contributed by atoms with Crippen molar-refractivity contribution in [2.24, 2.45) is 0 Å². The van der Waals surface area contributed by atoms with Crippen molar-refractivity contribution in [1.29, 1.82) is 0 Å². The zero-order valence-corrected chi connectivity index (χ0v) is 11.1. The van der Waals surface area contributed by atoms with Crippen molar-refractivity contribution < 1.29 is 18.9 Å². The van der Waals surface area contributed by atoms with E-state index in [1.807, 2.05) is 11.8 Å². The lowest BCUT2D eigenvalue weighted by Crippen LogP contribution is -2.07. The molecule has 0 aliphatic heterocycles. The lowest BCUT2D eigenvalue weighted by Gasteiger charge is -2.05. The van der Waals surface area contributed by atoms with Crippen LogP contribution in [0.5, 0.6) is 0 Å². The summed E-state index contributed by atoms with van der Waals surface area (Å²) in [5.41, 5.74) is 0. The Labute approximate surface area is 108 Å². The average molecular weight is 262 g/mol. The molecule has 0 unspecified atom stereocenters. The van der Waals surface area contributed by atoms with Crippen molar-refractivity contribution in [3.05, 3.63) is 25.7 Å². The molecular weight excluding hydrogens is 240 g/mol. The number of thioether (sulfide) groups is 1. The van der Waals surface area contributed by atoms with Crippen LogP contribution in [0.15, 0.2) is 25.7 Å². The van der Waals surface area contributed by atoms with Crippen LogP contribution in [0.2, 0.25) is 0 Å². The second-order valence-corrected chi connectivity index (χ2v) is 4.14. The molecule has 5 heteroatoms. The highest BCUT2D eigenvalue weighted by molar-refractivity contribution is 7.99. The topological polar surface area (TPSA) is 36.9 Å². The van der Waals surface area contributed by atoms with E-state index >= 15 is 0 Å². The van der Waals surface area contributed by atoms with Crippen LogP contribution in [-0.4, -0.2) is 51.1 Å². The van der Waals surface area contributed by atoms with Crippen LogP contribution < -0.4 is 0 Å². The largest absolute Gasteiger partial charge is 0.499 e. The van der Waals surface area contributed by atoms with Crippen molar-refractivity contribution in [1.82, 2.24) is 0 Å². The molecule has 0 bridgehead atoms. The summed E-state index contributed by atoms with van der Waals surface area (Å²) >= 11 is 1.81. The Morgan fingerprint density at radius 2 is 1.18 bits per heavy atom. The maximum atomic E-state index is 5.33. The molecule has 0 radical (unpaired) electrons. The Morgan fingerprint density at radius 3 is 1.59 bits per heavy atom. The second kappa shape index (κ2) is 15.4. The standard InChI is InChI=1S/C12H22O4S/c1-3-13-5-7-15-9-11-17-12-10-16-8-6-14-4-2/h3-4H,1-2,5-12H2. The molecule has 17 heavy (non-hydrogen) atoms. The highest BCUT2D eigenvalue weighted by Crippen LogP contribution is 1.99. The zero-order chi connectivity index (χ0) is 12.6. The first-order chi connectivity index (χ1) is 8.41. The van der Waals surface area contributed by atoms with E-state index in [-0.39, 0.29) is 0 Å². The van der Waals surface area contributed by atoms with Gasteiger partial charge in [0.1, 0.15) is 13.2 Å². The molecule has 0 fully saturated rings. The first-order valence-electron chi connectivity index (χ1n) is 5.60. The van der Waals surface area contributed by atoms with Crippen LogP contribution in [0.4, 0.5) is 0 Å². The smallest absolute Gasteiger partial charge is 0.111 e. The van der Waals surface area contributed by atoms with Crippen molar-refractivity contribution >= 4 is 11.8 Å².